The molecule has 6 heterocycles. The van der Waals surface area contributed by atoms with Crippen LogP contribution in [0, 0.1) is 30.1 Å². The second-order valence-corrected chi connectivity index (χ2v) is 24.4. The summed E-state index contributed by atoms with van der Waals surface area (Å²) in [6.45, 7) is 10.2. The normalized spacial score (nSPS) is 42.0. The quantitative estimate of drug-likeness (QED) is 0.0409. The van der Waals surface area contributed by atoms with Gasteiger partial charge >= 0.3 is 0 Å². The van der Waals surface area contributed by atoms with E-state index >= 15 is 0 Å². The fraction of sp³-hybridized carbons (Fsp3) is 0.692. The van der Waals surface area contributed by atoms with Gasteiger partial charge in [0.1, 0.15) is 67.1 Å². The van der Waals surface area contributed by atoms with Crippen LogP contribution < -0.4 is 17.2 Å². The summed E-state index contributed by atoms with van der Waals surface area (Å²) >= 11 is 0. The van der Waals surface area contributed by atoms with E-state index in [9.17, 15) is 30.6 Å². The highest BCUT2D eigenvalue weighted by Gasteiger charge is 2.56. The summed E-state index contributed by atoms with van der Waals surface area (Å²) in [6.07, 6.45) is -17.8. The van der Waals surface area contributed by atoms with Crippen LogP contribution >= 0.6 is 0 Å². The minimum atomic E-state index is -1.53. The van der Waals surface area contributed by atoms with Gasteiger partial charge in [-0.15, -0.1) is 12.3 Å². The molecule has 0 amide bonds. The Morgan fingerprint density at radius 1 is 0.438 bits per heavy atom. The molecule has 12 N–H and O–H groups in total. The molecule has 24 heteroatoms. The van der Waals surface area contributed by atoms with Gasteiger partial charge in [-0.3, -0.25) is 0 Å². The van der Waals surface area contributed by atoms with Gasteiger partial charge in [-0.25, -0.2) is 0 Å². The third-order valence-corrected chi connectivity index (χ3v) is 18.2. The summed E-state index contributed by atoms with van der Waals surface area (Å²) in [6, 6.07) is 25.9. The topological polar surface area (TPSA) is 338 Å². The molecule has 0 aromatic heterocycles. The highest BCUT2D eigenvalue weighted by molar-refractivity contribution is 5.16. The predicted molar refractivity (Wildman–Crippen MR) is 318 cm³/mol. The van der Waals surface area contributed by atoms with Crippen molar-refractivity contribution in [3.63, 3.8) is 0 Å². The molecule has 496 valence electrons. The maximum atomic E-state index is 12.4. The molecule has 6 aliphatic rings. The van der Waals surface area contributed by atoms with Crippen LogP contribution in [0.1, 0.15) is 77.5 Å². The number of rotatable bonds is 26. The minimum Gasteiger partial charge on any atom is -0.394 e. The summed E-state index contributed by atoms with van der Waals surface area (Å²) in [5.41, 5.74) is 23.0. The second kappa shape index (κ2) is 32.9. The zero-order valence-electron chi connectivity index (χ0n) is 51.6. The first kappa shape index (κ1) is 69.6. The van der Waals surface area contributed by atoms with Crippen molar-refractivity contribution in [3.05, 3.63) is 108 Å². The molecule has 0 bridgehead atoms. The van der Waals surface area contributed by atoms with E-state index < -0.39 is 179 Å². The average Bonchev–Trinajstić information content (AvgIpc) is 1.89. The molecule has 0 saturated carbocycles. The molecule has 6 aliphatic heterocycles. The lowest BCUT2D eigenvalue weighted by molar-refractivity contribution is -0.375. The molecule has 6 fully saturated rings. The van der Waals surface area contributed by atoms with E-state index in [1.807, 2.05) is 112 Å². The fourth-order valence-electron chi connectivity index (χ4n) is 12.5. The summed E-state index contributed by atoms with van der Waals surface area (Å²) in [7, 11) is 0. The van der Waals surface area contributed by atoms with Crippen LogP contribution in [-0.4, -0.2) is 217 Å². The Morgan fingerprint density at radius 2 is 0.831 bits per heavy atom. The predicted octanol–water partition coefficient (Wildman–Crippen LogP) is 1.85. The molecule has 3 aromatic carbocycles. The van der Waals surface area contributed by atoms with Crippen molar-refractivity contribution in [1.29, 1.82) is 0 Å². The Labute approximate surface area is 521 Å². The van der Waals surface area contributed by atoms with E-state index in [1.165, 1.54) is 0 Å². The Hall–Kier alpha value is -3.74. The third kappa shape index (κ3) is 17.0. The standard InChI is InChI=1S/C65H95N3O21/c1-8-9-19-26-75-63-50(72)57(76-31-40-20-13-10-14-21-40)55(37(5)79-63)89-62-49(68)36(4)53(47(30-71)85-62)86-65-52(74)59(78-33-42-24-17-12-18-25-42)54(38(6)81-65)87-60-43(66)27-44(46(29-70)84-60)82-64-51(73)58(77-32-41-22-15-11-16-23-41)56(39(7)80-64)88-61-48(67)35(3)34(2)45(28-69)83-61/h1,10-18,20-25,34-39,43-65,69-74H,9,19,26-33,66-68H2,2-7H3/t34-,35+,36-,37?,38?,39?,43?,44-,45?,46?,47?,48?,49?,50?,51?,52?,53-,54+,55+,56+,57+,58+,59+,60+,61+,62+,63-,64+,65+/m1/s1. The maximum absolute atomic E-state index is 12.4. The SMILES string of the molecule is C#CCCCO[C@@H]1OC(C)[C@H](O[C@@H]2OC(CO)[C@H](O[C@@H]3OC(C)[C@H](O[C@@H]4OC(CO)[C@H](O[C@@H]5OC(C)[C@H](O[C@@H]6OC(CO)[C@H](C)[C@H](C)C6N)[C@@H](OCc6ccccc6)C5O)CC4N)[C@@H](OCc4ccccc4)C3O)[C@H](C)C2N)[C@@H](OCc2ccccc2)C1O. The number of hydrogen-bond donors (Lipinski definition) is 9. The Balaban J connectivity index is 0.864. The third-order valence-electron chi connectivity index (χ3n) is 18.2. The van der Waals surface area contributed by atoms with E-state index in [2.05, 4.69) is 5.92 Å². The molecule has 0 spiro atoms. The summed E-state index contributed by atoms with van der Waals surface area (Å²) in [4.78, 5) is 0. The minimum absolute atomic E-state index is 0.0412. The molecule has 12 unspecified atom stereocenters. The van der Waals surface area contributed by atoms with Crippen LogP contribution in [0.25, 0.3) is 0 Å². The second-order valence-electron chi connectivity index (χ2n) is 24.4. The molecule has 0 aliphatic carbocycles. The first-order chi connectivity index (χ1) is 42.9. The highest BCUT2D eigenvalue weighted by Crippen LogP contribution is 2.40. The van der Waals surface area contributed by atoms with Crippen molar-refractivity contribution in [2.24, 2.45) is 35.0 Å². The summed E-state index contributed by atoms with van der Waals surface area (Å²) in [5, 5.41) is 68.2. The number of benzene rings is 3. The van der Waals surface area contributed by atoms with E-state index in [4.69, 9.17) is 94.7 Å². The average molecular weight is 1250 g/mol. The molecule has 89 heavy (non-hydrogen) atoms. The molecular weight excluding hydrogens is 1160 g/mol. The van der Waals surface area contributed by atoms with Crippen molar-refractivity contribution in [2.75, 3.05) is 26.4 Å². The zero-order valence-corrected chi connectivity index (χ0v) is 51.6. The van der Waals surface area contributed by atoms with Crippen molar-refractivity contribution in [1.82, 2.24) is 0 Å². The van der Waals surface area contributed by atoms with Gasteiger partial charge in [0.15, 0.2) is 37.7 Å². The number of terminal acetylenes is 1. The molecular formula is C65H95N3O21. The number of aliphatic hydroxyl groups is 6. The van der Waals surface area contributed by atoms with Crippen molar-refractivity contribution >= 4 is 0 Å². The van der Waals surface area contributed by atoms with Gasteiger partial charge in [0.25, 0.3) is 0 Å². The van der Waals surface area contributed by atoms with Crippen molar-refractivity contribution < 1.29 is 102 Å². The van der Waals surface area contributed by atoms with Crippen molar-refractivity contribution in [3.8, 4) is 12.3 Å². The van der Waals surface area contributed by atoms with Gasteiger partial charge < -0.3 is 119 Å². The number of ether oxygens (including phenoxy) is 15. The van der Waals surface area contributed by atoms with Crippen LogP contribution in [0.5, 0.6) is 0 Å². The van der Waals surface area contributed by atoms with Gasteiger partial charge in [0.2, 0.25) is 0 Å². The van der Waals surface area contributed by atoms with E-state index in [0.29, 0.717) is 12.8 Å². The van der Waals surface area contributed by atoms with Gasteiger partial charge in [-0.05, 0) is 62.1 Å². The summed E-state index contributed by atoms with van der Waals surface area (Å²) in [5.74, 6) is 1.85. The molecule has 24 nitrogen and oxygen atoms in total. The van der Waals surface area contributed by atoms with Gasteiger partial charge in [-0.2, -0.15) is 0 Å². The molecule has 0 radical (unpaired) electrons. The monoisotopic (exact) mass is 1250 g/mol. The van der Waals surface area contributed by atoms with Crippen LogP contribution in [-0.2, 0) is 90.9 Å². The smallest absolute Gasteiger partial charge is 0.186 e. The molecule has 29 atom stereocenters. The van der Waals surface area contributed by atoms with Crippen molar-refractivity contribution in [2.45, 2.75) is 240 Å². The van der Waals surface area contributed by atoms with Gasteiger partial charge in [0, 0.05) is 12.3 Å². The van der Waals surface area contributed by atoms with Crippen LogP contribution in [0.3, 0.4) is 0 Å². The van der Waals surface area contributed by atoms with E-state index in [1.54, 1.807) is 20.8 Å². The summed E-state index contributed by atoms with van der Waals surface area (Å²) < 4.78 is 96.3. The Kier molecular flexibility index (Phi) is 25.7. The van der Waals surface area contributed by atoms with Gasteiger partial charge in [0.05, 0.1) is 101 Å². The van der Waals surface area contributed by atoms with Crippen LogP contribution in [0.4, 0.5) is 0 Å². The number of aliphatic hydroxyl groups excluding tert-OH is 6. The lowest BCUT2D eigenvalue weighted by Gasteiger charge is -2.50. The van der Waals surface area contributed by atoms with E-state index in [0.717, 1.165) is 16.7 Å². The Morgan fingerprint density at radius 3 is 1.29 bits per heavy atom. The number of hydrogen-bond acceptors (Lipinski definition) is 24. The molecule has 9 rings (SSSR count). The molecule has 3 aromatic rings. The lowest BCUT2D eigenvalue weighted by atomic mass is 9.82. The Bertz CT molecular complexity index is 2580. The first-order valence-electron chi connectivity index (χ1n) is 31.3. The largest absolute Gasteiger partial charge is 0.394 e. The first-order valence-corrected chi connectivity index (χ1v) is 31.3. The lowest BCUT2D eigenvalue weighted by Crippen LogP contribution is -2.66. The maximum Gasteiger partial charge on any atom is 0.186 e. The van der Waals surface area contributed by atoms with Crippen LogP contribution in [0.2, 0.25) is 0 Å². The highest BCUT2D eigenvalue weighted by atomic mass is 16.8. The van der Waals surface area contributed by atoms with Gasteiger partial charge in [-0.1, -0.05) is 112 Å². The number of nitrogens with two attached hydrogens (primary N) is 3. The zero-order chi connectivity index (χ0) is 63.5. The molecule has 6 saturated heterocycles. The fourth-order valence-corrected chi connectivity index (χ4v) is 12.5. The van der Waals surface area contributed by atoms with E-state index in [-0.39, 0.29) is 51.3 Å². The number of unbranched alkanes of at least 4 members (excludes halogenated alkanes) is 1. The van der Waals surface area contributed by atoms with Crippen LogP contribution in [0.15, 0.2) is 91.0 Å².